The fourth-order valence-electron chi connectivity index (χ4n) is 1.96. The Morgan fingerprint density at radius 1 is 1.35 bits per heavy atom. The van der Waals surface area contributed by atoms with E-state index in [0.717, 1.165) is 31.6 Å². The number of benzene rings is 1. The van der Waals surface area contributed by atoms with E-state index < -0.39 is 11.7 Å². The summed E-state index contributed by atoms with van der Waals surface area (Å²) in [4.78, 5) is 0. The lowest BCUT2D eigenvalue weighted by Crippen LogP contribution is -2.17. The molecule has 17 heavy (non-hydrogen) atoms. The molecule has 1 aromatic carbocycles. The van der Waals surface area contributed by atoms with Gasteiger partial charge in [-0.2, -0.15) is 13.2 Å². The molecule has 0 saturated carbocycles. The van der Waals surface area contributed by atoms with Crippen LogP contribution in [0.15, 0.2) is 24.3 Å². The fraction of sp³-hybridized carbons (Fsp3) is 0.500. The van der Waals surface area contributed by atoms with Crippen molar-refractivity contribution in [2.45, 2.75) is 12.6 Å². The van der Waals surface area contributed by atoms with Crippen LogP contribution in [0.3, 0.4) is 0 Å². The van der Waals surface area contributed by atoms with E-state index in [0.29, 0.717) is 18.2 Å². The zero-order valence-corrected chi connectivity index (χ0v) is 9.35. The molecule has 0 bridgehead atoms. The van der Waals surface area contributed by atoms with E-state index >= 15 is 0 Å². The van der Waals surface area contributed by atoms with Gasteiger partial charge in [-0.3, -0.25) is 0 Å². The smallest absolute Gasteiger partial charge is 0.385 e. The van der Waals surface area contributed by atoms with Crippen LogP contribution in [0.25, 0.3) is 0 Å². The van der Waals surface area contributed by atoms with Crippen LogP contribution >= 0.6 is 0 Å². The molecule has 2 nitrogen and oxygen atoms in total. The van der Waals surface area contributed by atoms with Crippen LogP contribution < -0.4 is 10.6 Å². The molecule has 2 rings (SSSR count). The molecule has 0 spiro atoms. The molecule has 0 aromatic heterocycles. The molecule has 1 heterocycles. The van der Waals surface area contributed by atoms with Crippen LogP contribution in [0, 0.1) is 5.92 Å². The molecule has 0 aliphatic carbocycles. The van der Waals surface area contributed by atoms with Gasteiger partial charge in [0.2, 0.25) is 0 Å². The van der Waals surface area contributed by atoms with Crippen LogP contribution in [0.5, 0.6) is 0 Å². The predicted octanol–water partition coefficient (Wildman–Crippen LogP) is 2.73. The summed E-state index contributed by atoms with van der Waals surface area (Å²) in [7, 11) is 0. The predicted molar refractivity (Wildman–Crippen MR) is 60.9 cm³/mol. The highest BCUT2D eigenvalue weighted by atomic mass is 19.4. The maximum atomic E-state index is 12.5. The van der Waals surface area contributed by atoms with Crippen molar-refractivity contribution in [2.75, 3.05) is 25.0 Å². The molecular weight excluding hydrogens is 229 g/mol. The zero-order chi connectivity index (χ0) is 12.3. The third-order valence-electron chi connectivity index (χ3n) is 2.95. The Hall–Kier alpha value is -1.23. The highest BCUT2D eigenvalue weighted by Gasteiger charge is 2.30. The molecule has 5 heteroatoms. The SMILES string of the molecule is FC(F)(F)c1cccc(NCC2CCNC2)c1. The normalized spacial score (nSPS) is 20.5. The summed E-state index contributed by atoms with van der Waals surface area (Å²) in [6, 6.07) is 5.33. The van der Waals surface area contributed by atoms with Crippen molar-refractivity contribution in [3.63, 3.8) is 0 Å². The van der Waals surface area contributed by atoms with Crippen molar-refractivity contribution >= 4 is 5.69 Å². The summed E-state index contributed by atoms with van der Waals surface area (Å²) >= 11 is 0. The second-order valence-electron chi connectivity index (χ2n) is 4.32. The summed E-state index contributed by atoms with van der Waals surface area (Å²) in [5.74, 6) is 0.504. The first-order valence-electron chi connectivity index (χ1n) is 5.67. The third-order valence-corrected chi connectivity index (χ3v) is 2.95. The lowest BCUT2D eigenvalue weighted by Gasteiger charge is -2.13. The maximum Gasteiger partial charge on any atom is 0.416 e. The van der Waals surface area contributed by atoms with Crippen LogP contribution in [0.4, 0.5) is 18.9 Å². The van der Waals surface area contributed by atoms with Crippen molar-refractivity contribution in [3.05, 3.63) is 29.8 Å². The van der Waals surface area contributed by atoms with Crippen molar-refractivity contribution < 1.29 is 13.2 Å². The monoisotopic (exact) mass is 244 g/mol. The number of nitrogens with one attached hydrogen (secondary N) is 2. The standard InChI is InChI=1S/C12H15F3N2/c13-12(14,15)10-2-1-3-11(6-10)17-8-9-4-5-16-7-9/h1-3,6,9,16-17H,4-5,7-8H2. The number of hydrogen-bond acceptors (Lipinski definition) is 2. The largest absolute Gasteiger partial charge is 0.416 e. The van der Waals surface area contributed by atoms with Crippen molar-refractivity contribution in [1.82, 2.24) is 5.32 Å². The number of halogens is 3. The van der Waals surface area contributed by atoms with Gasteiger partial charge in [0.15, 0.2) is 0 Å². The second-order valence-corrected chi connectivity index (χ2v) is 4.32. The van der Waals surface area contributed by atoms with E-state index in [1.165, 1.54) is 6.07 Å². The van der Waals surface area contributed by atoms with Crippen LogP contribution in [0.1, 0.15) is 12.0 Å². The minimum Gasteiger partial charge on any atom is -0.385 e. The maximum absolute atomic E-state index is 12.5. The molecule has 1 aromatic rings. The van der Waals surface area contributed by atoms with Gasteiger partial charge in [0, 0.05) is 12.2 Å². The van der Waals surface area contributed by atoms with Gasteiger partial charge in [0.1, 0.15) is 0 Å². The summed E-state index contributed by atoms with van der Waals surface area (Å²) < 4.78 is 37.4. The summed E-state index contributed by atoms with van der Waals surface area (Å²) in [6.07, 6.45) is -3.20. The van der Waals surface area contributed by atoms with Gasteiger partial charge in [0.25, 0.3) is 0 Å². The average Bonchev–Trinajstić information content (AvgIpc) is 2.78. The van der Waals surface area contributed by atoms with Gasteiger partial charge in [-0.25, -0.2) is 0 Å². The molecule has 1 atom stereocenters. The number of rotatable bonds is 3. The molecule has 1 aliphatic heterocycles. The number of hydrogen-bond donors (Lipinski definition) is 2. The topological polar surface area (TPSA) is 24.1 Å². The molecule has 1 aliphatic rings. The van der Waals surface area contributed by atoms with E-state index in [-0.39, 0.29) is 0 Å². The van der Waals surface area contributed by atoms with Crippen LogP contribution in [-0.4, -0.2) is 19.6 Å². The van der Waals surface area contributed by atoms with E-state index in [1.54, 1.807) is 6.07 Å². The van der Waals surface area contributed by atoms with E-state index in [1.807, 2.05) is 0 Å². The first kappa shape index (κ1) is 12.2. The van der Waals surface area contributed by atoms with Gasteiger partial charge in [-0.1, -0.05) is 6.07 Å². The Balaban J connectivity index is 1.96. The van der Waals surface area contributed by atoms with Gasteiger partial charge >= 0.3 is 6.18 Å². The highest BCUT2D eigenvalue weighted by Crippen LogP contribution is 2.30. The van der Waals surface area contributed by atoms with E-state index in [2.05, 4.69) is 10.6 Å². The number of alkyl halides is 3. The van der Waals surface area contributed by atoms with Crippen molar-refractivity contribution in [1.29, 1.82) is 0 Å². The quantitative estimate of drug-likeness (QED) is 0.854. The Kier molecular flexibility index (Phi) is 3.57. The van der Waals surface area contributed by atoms with Gasteiger partial charge in [-0.15, -0.1) is 0 Å². The van der Waals surface area contributed by atoms with Crippen molar-refractivity contribution in [2.24, 2.45) is 5.92 Å². The lowest BCUT2D eigenvalue weighted by molar-refractivity contribution is -0.137. The first-order chi connectivity index (χ1) is 8.05. The molecule has 94 valence electrons. The molecular formula is C12H15F3N2. The number of anilines is 1. The summed E-state index contributed by atoms with van der Waals surface area (Å²) in [5, 5.41) is 6.28. The molecule has 2 N–H and O–H groups in total. The third kappa shape index (κ3) is 3.36. The molecule has 0 amide bonds. The zero-order valence-electron chi connectivity index (χ0n) is 9.35. The van der Waals surface area contributed by atoms with Gasteiger partial charge in [0.05, 0.1) is 5.56 Å². The lowest BCUT2D eigenvalue weighted by atomic mass is 10.1. The Morgan fingerprint density at radius 2 is 2.18 bits per heavy atom. The highest BCUT2D eigenvalue weighted by molar-refractivity contribution is 5.46. The molecule has 1 unspecified atom stereocenters. The summed E-state index contributed by atoms with van der Waals surface area (Å²) in [5.41, 5.74) is -0.0706. The minimum absolute atomic E-state index is 0.504. The van der Waals surface area contributed by atoms with Gasteiger partial charge < -0.3 is 10.6 Å². The Morgan fingerprint density at radius 3 is 2.82 bits per heavy atom. The van der Waals surface area contributed by atoms with Crippen LogP contribution in [0.2, 0.25) is 0 Å². The molecule has 0 radical (unpaired) electrons. The first-order valence-corrected chi connectivity index (χ1v) is 5.67. The van der Waals surface area contributed by atoms with E-state index in [9.17, 15) is 13.2 Å². The fourth-order valence-corrected chi connectivity index (χ4v) is 1.96. The average molecular weight is 244 g/mol. The minimum atomic E-state index is -4.27. The molecule has 1 saturated heterocycles. The second kappa shape index (κ2) is 4.96. The van der Waals surface area contributed by atoms with E-state index in [4.69, 9.17) is 0 Å². The van der Waals surface area contributed by atoms with Crippen LogP contribution in [-0.2, 0) is 6.18 Å². The van der Waals surface area contributed by atoms with Crippen molar-refractivity contribution in [3.8, 4) is 0 Å². The van der Waals surface area contributed by atoms with Gasteiger partial charge in [-0.05, 0) is 43.6 Å². The Bertz CT molecular complexity index is 370. The molecule has 1 fully saturated rings. The Labute approximate surface area is 98.2 Å². The summed E-state index contributed by atoms with van der Waals surface area (Å²) in [6.45, 7) is 2.65.